The summed E-state index contributed by atoms with van der Waals surface area (Å²) in [6.45, 7) is 13.5. The molecule has 0 aliphatic carbocycles. The molecule has 1 atom stereocenters. The van der Waals surface area contributed by atoms with Gasteiger partial charge in [0, 0.05) is 4.88 Å². The fourth-order valence-electron chi connectivity index (χ4n) is 2.03. The highest BCUT2D eigenvalue weighted by Gasteiger charge is 2.24. The molecule has 98 valence electrons. The van der Waals surface area contributed by atoms with Crippen molar-refractivity contribution in [3.05, 3.63) is 16.1 Å². The molecule has 1 unspecified atom stereocenters. The molecule has 0 saturated carbocycles. The van der Waals surface area contributed by atoms with Crippen molar-refractivity contribution in [3.8, 4) is 0 Å². The minimum absolute atomic E-state index is 0.376. The Hall–Kier alpha value is -0.410. The lowest BCUT2D eigenvalue weighted by Crippen LogP contribution is -2.32. The van der Waals surface area contributed by atoms with E-state index in [0.717, 1.165) is 19.0 Å². The van der Waals surface area contributed by atoms with Gasteiger partial charge >= 0.3 is 0 Å². The zero-order valence-corrected chi connectivity index (χ0v) is 12.7. The van der Waals surface area contributed by atoms with Gasteiger partial charge in [-0.3, -0.25) is 0 Å². The molecular weight excluding hydrogens is 228 g/mol. The zero-order valence-electron chi connectivity index (χ0n) is 11.8. The smallest absolute Gasteiger partial charge is 0.0797 e. The molecule has 0 aromatic carbocycles. The summed E-state index contributed by atoms with van der Waals surface area (Å²) < 4.78 is 0. The summed E-state index contributed by atoms with van der Waals surface area (Å²) in [7, 11) is 0. The van der Waals surface area contributed by atoms with Crippen molar-refractivity contribution < 1.29 is 0 Å². The van der Waals surface area contributed by atoms with Crippen molar-refractivity contribution in [1.29, 1.82) is 0 Å². The molecule has 0 spiro atoms. The molecule has 3 heteroatoms. The standard InChI is InChI=1S/C14H26N2S/c1-6-15-9-12(14(3,4)5)7-8-13-11(2)16-10-17-13/h10,12,15H,6-9H2,1-5H3. The van der Waals surface area contributed by atoms with E-state index in [1.807, 2.05) is 5.51 Å². The van der Waals surface area contributed by atoms with Crippen LogP contribution in [0.4, 0.5) is 0 Å². The monoisotopic (exact) mass is 254 g/mol. The fourth-order valence-corrected chi connectivity index (χ4v) is 2.83. The van der Waals surface area contributed by atoms with Crippen LogP contribution in [0.2, 0.25) is 0 Å². The highest BCUT2D eigenvalue weighted by atomic mass is 32.1. The quantitative estimate of drug-likeness (QED) is 0.838. The molecule has 1 aromatic heterocycles. The summed E-state index contributed by atoms with van der Waals surface area (Å²) >= 11 is 1.79. The van der Waals surface area contributed by atoms with E-state index in [2.05, 4.69) is 44.9 Å². The van der Waals surface area contributed by atoms with Crippen LogP contribution in [0.5, 0.6) is 0 Å². The van der Waals surface area contributed by atoms with Crippen LogP contribution in [0.1, 0.15) is 44.7 Å². The topological polar surface area (TPSA) is 24.9 Å². The van der Waals surface area contributed by atoms with Gasteiger partial charge in [-0.1, -0.05) is 27.7 Å². The summed E-state index contributed by atoms with van der Waals surface area (Å²) in [4.78, 5) is 5.78. The van der Waals surface area contributed by atoms with E-state index in [4.69, 9.17) is 0 Å². The third-order valence-corrected chi connectivity index (χ3v) is 4.43. The molecule has 0 aliphatic heterocycles. The van der Waals surface area contributed by atoms with E-state index in [9.17, 15) is 0 Å². The van der Waals surface area contributed by atoms with Gasteiger partial charge in [-0.25, -0.2) is 4.98 Å². The summed E-state index contributed by atoms with van der Waals surface area (Å²) in [6.07, 6.45) is 2.42. The second-order valence-electron chi connectivity index (χ2n) is 5.77. The van der Waals surface area contributed by atoms with E-state index in [0.29, 0.717) is 5.41 Å². The predicted molar refractivity (Wildman–Crippen MR) is 76.7 cm³/mol. The maximum Gasteiger partial charge on any atom is 0.0797 e. The summed E-state index contributed by atoms with van der Waals surface area (Å²) in [5.41, 5.74) is 3.55. The highest BCUT2D eigenvalue weighted by Crippen LogP contribution is 2.30. The Morgan fingerprint density at radius 1 is 1.41 bits per heavy atom. The van der Waals surface area contributed by atoms with Crippen LogP contribution in [-0.4, -0.2) is 18.1 Å². The van der Waals surface area contributed by atoms with Gasteiger partial charge in [0.25, 0.3) is 0 Å². The second kappa shape index (κ2) is 6.50. The highest BCUT2D eigenvalue weighted by molar-refractivity contribution is 7.09. The number of nitrogens with zero attached hydrogens (tertiary/aromatic N) is 1. The van der Waals surface area contributed by atoms with Crippen molar-refractivity contribution in [2.45, 2.75) is 47.5 Å². The molecule has 0 saturated heterocycles. The van der Waals surface area contributed by atoms with Crippen LogP contribution < -0.4 is 5.32 Å². The van der Waals surface area contributed by atoms with Crippen LogP contribution in [0.25, 0.3) is 0 Å². The Kier molecular flexibility index (Phi) is 5.60. The van der Waals surface area contributed by atoms with Crippen molar-refractivity contribution in [2.75, 3.05) is 13.1 Å². The van der Waals surface area contributed by atoms with Gasteiger partial charge in [0.05, 0.1) is 11.2 Å². The summed E-state index contributed by atoms with van der Waals surface area (Å²) in [5.74, 6) is 0.726. The number of rotatable bonds is 6. The van der Waals surface area contributed by atoms with Crippen molar-refractivity contribution in [3.63, 3.8) is 0 Å². The minimum atomic E-state index is 0.376. The normalized spacial score (nSPS) is 13.9. The van der Waals surface area contributed by atoms with Crippen LogP contribution >= 0.6 is 11.3 Å². The fraction of sp³-hybridized carbons (Fsp3) is 0.786. The average Bonchev–Trinajstić information content (AvgIpc) is 2.62. The van der Waals surface area contributed by atoms with Gasteiger partial charge in [0.1, 0.15) is 0 Å². The lowest BCUT2D eigenvalue weighted by atomic mass is 9.78. The Bertz CT molecular complexity index is 325. The van der Waals surface area contributed by atoms with E-state index < -0.39 is 0 Å². The van der Waals surface area contributed by atoms with Crippen molar-refractivity contribution in [1.82, 2.24) is 10.3 Å². The molecule has 2 nitrogen and oxygen atoms in total. The molecule has 1 aromatic rings. The van der Waals surface area contributed by atoms with Gasteiger partial charge in [-0.05, 0) is 44.2 Å². The molecule has 1 N–H and O–H groups in total. The SMILES string of the molecule is CCNCC(CCc1scnc1C)C(C)(C)C. The molecule has 0 radical (unpaired) electrons. The van der Waals surface area contributed by atoms with Gasteiger partial charge in [0.15, 0.2) is 0 Å². The first-order valence-corrected chi connectivity index (χ1v) is 7.42. The van der Waals surface area contributed by atoms with Crippen LogP contribution in [0.15, 0.2) is 5.51 Å². The van der Waals surface area contributed by atoms with Gasteiger partial charge in [-0.15, -0.1) is 11.3 Å². The maximum atomic E-state index is 4.32. The number of nitrogens with one attached hydrogen (secondary N) is 1. The van der Waals surface area contributed by atoms with E-state index in [1.54, 1.807) is 11.3 Å². The third kappa shape index (κ3) is 4.76. The summed E-state index contributed by atoms with van der Waals surface area (Å²) in [6, 6.07) is 0. The van der Waals surface area contributed by atoms with E-state index >= 15 is 0 Å². The first-order chi connectivity index (χ1) is 7.95. The minimum Gasteiger partial charge on any atom is -0.317 e. The Labute approximate surface area is 110 Å². The predicted octanol–water partition coefficient (Wildman–Crippen LogP) is 3.66. The van der Waals surface area contributed by atoms with Crippen molar-refractivity contribution in [2.24, 2.45) is 11.3 Å². The number of aromatic nitrogens is 1. The zero-order chi connectivity index (χ0) is 12.9. The average molecular weight is 254 g/mol. The number of hydrogen-bond acceptors (Lipinski definition) is 3. The van der Waals surface area contributed by atoms with Crippen LogP contribution in [0, 0.1) is 18.3 Å². The lowest BCUT2D eigenvalue weighted by molar-refractivity contribution is 0.220. The molecule has 0 amide bonds. The van der Waals surface area contributed by atoms with Gasteiger partial charge in [0.2, 0.25) is 0 Å². The number of aryl methyl sites for hydroxylation is 2. The van der Waals surface area contributed by atoms with Crippen LogP contribution in [0.3, 0.4) is 0 Å². The first-order valence-electron chi connectivity index (χ1n) is 6.54. The molecular formula is C14H26N2S. The number of thiazole rings is 1. The maximum absolute atomic E-state index is 4.32. The number of hydrogen-bond donors (Lipinski definition) is 1. The summed E-state index contributed by atoms with van der Waals surface area (Å²) in [5, 5.41) is 3.49. The third-order valence-electron chi connectivity index (χ3n) is 3.43. The van der Waals surface area contributed by atoms with Crippen molar-refractivity contribution >= 4 is 11.3 Å². The Balaban J connectivity index is 2.52. The first kappa shape index (κ1) is 14.7. The Morgan fingerprint density at radius 3 is 2.59 bits per heavy atom. The van der Waals surface area contributed by atoms with Gasteiger partial charge in [-0.2, -0.15) is 0 Å². The van der Waals surface area contributed by atoms with E-state index in [-0.39, 0.29) is 0 Å². The molecule has 1 rings (SSSR count). The van der Waals surface area contributed by atoms with Gasteiger partial charge < -0.3 is 5.32 Å². The second-order valence-corrected chi connectivity index (χ2v) is 6.71. The Morgan fingerprint density at radius 2 is 2.12 bits per heavy atom. The van der Waals surface area contributed by atoms with E-state index in [1.165, 1.54) is 23.4 Å². The molecule has 0 bridgehead atoms. The molecule has 17 heavy (non-hydrogen) atoms. The molecule has 0 fully saturated rings. The molecule has 1 heterocycles. The lowest BCUT2D eigenvalue weighted by Gasteiger charge is -2.31. The largest absolute Gasteiger partial charge is 0.317 e. The molecule has 0 aliphatic rings. The van der Waals surface area contributed by atoms with Crippen LogP contribution in [-0.2, 0) is 6.42 Å².